The fraction of sp³-hybridized carbons (Fsp3) is 0.167. The largest absolute Gasteiger partial charge is 0.398 e. The van der Waals surface area contributed by atoms with Crippen molar-refractivity contribution in [3.05, 3.63) is 38.6 Å². The number of nitrogens with two attached hydrogens (primary N) is 1. The van der Waals surface area contributed by atoms with Gasteiger partial charge in [-0.3, -0.25) is 4.72 Å². The van der Waals surface area contributed by atoms with Gasteiger partial charge >= 0.3 is 0 Å². The maximum atomic E-state index is 12.2. The zero-order valence-corrected chi connectivity index (χ0v) is 14.5. The highest BCUT2D eigenvalue weighted by Crippen LogP contribution is 2.35. The molecule has 0 fully saturated rings. The summed E-state index contributed by atoms with van der Waals surface area (Å²) in [5.41, 5.74) is 7.84. The van der Waals surface area contributed by atoms with Crippen LogP contribution in [0.15, 0.2) is 32.3 Å². The number of anilines is 2. The highest BCUT2D eigenvalue weighted by atomic mass is 79.9. The summed E-state index contributed by atoms with van der Waals surface area (Å²) in [6.45, 7) is 1.99. The number of rotatable bonds is 4. The van der Waals surface area contributed by atoms with E-state index in [9.17, 15) is 8.42 Å². The second-order valence-corrected chi connectivity index (χ2v) is 8.75. The van der Waals surface area contributed by atoms with Gasteiger partial charge in [-0.1, -0.05) is 24.6 Å². The minimum absolute atomic E-state index is 0.146. The topological polar surface area (TPSA) is 72.2 Å². The van der Waals surface area contributed by atoms with Gasteiger partial charge in [0, 0.05) is 5.69 Å². The molecule has 0 aliphatic heterocycles. The highest BCUT2D eigenvalue weighted by molar-refractivity contribution is 9.11. The van der Waals surface area contributed by atoms with Crippen molar-refractivity contribution in [2.45, 2.75) is 17.6 Å². The second-order valence-electron chi connectivity index (χ2n) is 4.06. The van der Waals surface area contributed by atoms with E-state index in [0.717, 1.165) is 23.3 Å². The van der Waals surface area contributed by atoms with Crippen molar-refractivity contribution in [1.29, 1.82) is 0 Å². The van der Waals surface area contributed by atoms with Gasteiger partial charge in [0.05, 0.1) is 14.5 Å². The van der Waals surface area contributed by atoms with Crippen molar-refractivity contribution in [3.63, 3.8) is 0 Å². The fourth-order valence-corrected chi connectivity index (χ4v) is 5.09. The smallest absolute Gasteiger partial charge is 0.271 e. The van der Waals surface area contributed by atoms with Crippen molar-refractivity contribution in [3.8, 4) is 0 Å². The van der Waals surface area contributed by atoms with E-state index in [-0.39, 0.29) is 4.21 Å². The first kappa shape index (κ1) is 15.6. The summed E-state index contributed by atoms with van der Waals surface area (Å²) in [4.78, 5) is 0. The molecule has 3 N–H and O–H groups in total. The Kier molecular flexibility index (Phi) is 4.63. The number of nitrogens with one attached hydrogen (secondary N) is 1. The number of nitrogen functional groups attached to an aromatic ring is 1. The summed E-state index contributed by atoms with van der Waals surface area (Å²) in [5, 5.41) is 0.371. The number of sulfonamides is 1. The van der Waals surface area contributed by atoms with Crippen molar-refractivity contribution in [1.82, 2.24) is 0 Å². The molecule has 0 saturated carbocycles. The lowest BCUT2D eigenvalue weighted by Gasteiger charge is -2.09. The van der Waals surface area contributed by atoms with Gasteiger partial charge in [-0.25, -0.2) is 8.42 Å². The molecule has 0 radical (unpaired) electrons. The highest BCUT2D eigenvalue weighted by Gasteiger charge is 2.19. The van der Waals surface area contributed by atoms with Crippen LogP contribution in [0, 0.1) is 0 Å². The number of hydrogen-bond acceptors (Lipinski definition) is 4. The van der Waals surface area contributed by atoms with Crippen LogP contribution < -0.4 is 10.5 Å². The SMILES string of the molecule is CCc1ccc(NS(=O)(=O)c2cc(Cl)c(Br)s2)cc1N. The predicted molar refractivity (Wildman–Crippen MR) is 88.1 cm³/mol. The third-order valence-corrected chi connectivity index (χ3v) is 7.00. The molecule has 20 heavy (non-hydrogen) atoms. The van der Waals surface area contributed by atoms with E-state index in [1.54, 1.807) is 12.1 Å². The van der Waals surface area contributed by atoms with Crippen LogP contribution in [0.3, 0.4) is 0 Å². The van der Waals surface area contributed by atoms with Gasteiger partial charge < -0.3 is 5.73 Å². The van der Waals surface area contributed by atoms with E-state index in [1.807, 2.05) is 13.0 Å². The van der Waals surface area contributed by atoms with Gasteiger partial charge in [0.25, 0.3) is 10.0 Å². The lowest BCUT2D eigenvalue weighted by atomic mass is 10.1. The number of hydrogen-bond donors (Lipinski definition) is 2. The Bertz CT molecular complexity index is 724. The Morgan fingerprint density at radius 2 is 2.10 bits per heavy atom. The van der Waals surface area contributed by atoms with Crippen LogP contribution in [0.1, 0.15) is 12.5 Å². The van der Waals surface area contributed by atoms with Crippen LogP contribution in [0.25, 0.3) is 0 Å². The first-order valence-corrected chi connectivity index (χ1v) is 9.16. The molecule has 0 amide bonds. The standard InChI is InChI=1S/C12H12BrClN2O2S2/c1-2-7-3-4-8(5-10(7)15)16-20(17,18)11-6-9(14)12(13)19-11/h3-6,16H,2,15H2,1H3. The minimum atomic E-state index is -3.65. The van der Waals surface area contributed by atoms with Crippen molar-refractivity contribution in [2.24, 2.45) is 0 Å². The number of thiophene rings is 1. The van der Waals surface area contributed by atoms with Crippen LogP contribution in [0.2, 0.25) is 5.02 Å². The molecule has 0 aliphatic rings. The molecule has 2 rings (SSSR count). The van der Waals surface area contributed by atoms with E-state index in [1.165, 1.54) is 6.07 Å². The normalized spacial score (nSPS) is 11.6. The predicted octanol–water partition coefficient (Wildman–Crippen LogP) is 4.11. The van der Waals surface area contributed by atoms with Gasteiger partial charge in [-0.2, -0.15) is 0 Å². The Balaban J connectivity index is 2.31. The van der Waals surface area contributed by atoms with Crippen LogP contribution in [-0.2, 0) is 16.4 Å². The first-order valence-electron chi connectivity index (χ1n) is 5.69. The average Bonchev–Trinajstić information content (AvgIpc) is 2.70. The van der Waals surface area contributed by atoms with E-state index >= 15 is 0 Å². The molecule has 108 valence electrons. The molecule has 0 spiro atoms. The Hall–Kier alpha value is -0.760. The van der Waals surface area contributed by atoms with Crippen LogP contribution >= 0.6 is 38.9 Å². The van der Waals surface area contributed by atoms with Crippen LogP contribution in [0.4, 0.5) is 11.4 Å². The Morgan fingerprint density at radius 3 is 2.60 bits per heavy atom. The molecule has 1 heterocycles. The minimum Gasteiger partial charge on any atom is -0.398 e. The number of halogens is 2. The van der Waals surface area contributed by atoms with Crippen molar-refractivity contribution < 1.29 is 8.42 Å². The molecule has 0 saturated heterocycles. The third-order valence-electron chi connectivity index (χ3n) is 2.67. The van der Waals surface area contributed by atoms with E-state index in [4.69, 9.17) is 17.3 Å². The van der Waals surface area contributed by atoms with E-state index in [2.05, 4.69) is 20.7 Å². The summed E-state index contributed by atoms with van der Waals surface area (Å²) >= 11 is 10.1. The van der Waals surface area contributed by atoms with E-state index < -0.39 is 10.0 Å². The van der Waals surface area contributed by atoms with E-state index in [0.29, 0.717) is 20.2 Å². The summed E-state index contributed by atoms with van der Waals surface area (Å²) < 4.78 is 27.6. The quantitative estimate of drug-likeness (QED) is 0.765. The average molecular weight is 396 g/mol. The fourth-order valence-electron chi connectivity index (χ4n) is 1.65. The zero-order chi connectivity index (χ0) is 14.9. The molecular weight excluding hydrogens is 384 g/mol. The number of benzene rings is 1. The maximum Gasteiger partial charge on any atom is 0.271 e. The molecule has 0 atom stereocenters. The molecule has 0 aliphatic carbocycles. The number of aryl methyl sites for hydroxylation is 1. The Labute approximate surface area is 135 Å². The molecule has 1 aromatic heterocycles. The maximum absolute atomic E-state index is 12.2. The summed E-state index contributed by atoms with van der Waals surface area (Å²) in [7, 11) is -3.65. The Morgan fingerprint density at radius 1 is 1.40 bits per heavy atom. The summed E-state index contributed by atoms with van der Waals surface area (Å²) in [6.07, 6.45) is 0.798. The zero-order valence-electron chi connectivity index (χ0n) is 10.5. The van der Waals surface area contributed by atoms with Gasteiger partial charge in [0.2, 0.25) is 0 Å². The molecule has 8 heteroatoms. The van der Waals surface area contributed by atoms with Gasteiger partial charge in [-0.05, 0) is 46.1 Å². The van der Waals surface area contributed by atoms with Gasteiger partial charge in [0.1, 0.15) is 4.21 Å². The summed E-state index contributed by atoms with van der Waals surface area (Å²) in [6, 6.07) is 6.52. The molecule has 4 nitrogen and oxygen atoms in total. The summed E-state index contributed by atoms with van der Waals surface area (Å²) in [5.74, 6) is 0. The molecular formula is C12H12BrClN2O2S2. The van der Waals surface area contributed by atoms with Crippen LogP contribution in [0.5, 0.6) is 0 Å². The molecule has 2 aromatic rings. The second kappa shape index (κ2) is 5.93. The third kappa shape index (κ3) is 3.28. The molecule has 0 unspecified atom stereocenters. The van der Waals surface area contributed by atoms with Gasteiger partial charge in [-0.15, -0.1) is 11.3 Å². The lowest BCUT2D eigenvalue weighted by molar-refractivity contribution is 0.603. The van der Waals surface area contributed by atoms with Gasteiger partial charge in [0.15, 0.2) is 0 Å². The van der Waals surface area contributed by atoms with Crippen molar-refractivity contribution >= 4 is 60.3 Å². The lowest BCUT2D eigenvalue weighted by Crippen LogP contribution is -2.11. The monoisotopic (exact) mass is 394 g/mol. The molecule has 0 bridgehead atoms. The first-order chi connectivity index (χ1) is 9.33. The molecule has 1 aromatic carbocycles. The van der Waals surface area contributed by atoms with Crippen LogP contribution in [-0.4, -0.2) is 8.42 Å². The van der Waals surface area contributed by atoms with Crippen molar-refractivity contribution in [2.75, 3.05) is 10.5 Å².